The SMILES string of the molecule is C[N+](C)(C)CCOCCSC(F)CC(F)(F)C(F)(F)C(F)(F)C(F)(F)C(F)(F)C(F)(F)C(F)(F)C(F)(F)F. The minimum absolute atomic E-state index is 0.0166. The zero-order chi connectivity index (χ0) is 31.0. The van der Waals surface area contributed by atoms with Gasteiger partial charge in [-0.3, -0.25) is 0 Å². The molecule has 0 spiro atoms. The molecule has 0 aromatic rings. The Hall–Kier alpha value is -0.990. The number of quaternary nitrogens is 1. The Labute approximate surface area is 207 Å². The van der Waals surface area contributed by atoms with Crippen LogP contribution in [0, 0.1) is 0 Å². The Morgan fingerprint density at radius 1 is 0.579 bits per heavy atom. The van der Waals surface area contributed by atoms with Crippen LogP contribution in [0.25, 0.3) is 0 Å². The standard InChI is InChI=1S/C17H20F18NOS/c1-36(2,3)4-5-37-6-7-38-9(18)8-10(19,20)11(21,22)12(23,24)13(25,26)14(27,28)15(29,30)16(31,32)17(33,34)35/h9H,4-8H2,1-3H3/q+1. The van der Waals surface area contributed by atoms with Crippen LogP contribution in [0.5, 0.6) is 0 Å². The van der Waals surface area contributed by atoms with Crippen molar-refractivity contribution in [1.82, 2.24) is 0 Å². The lowest BCUT2D eigenvalue weighted by Crippen LogP contribution is -2.74. The van der Waals surface area contributed by atoms with E-state index in [1.807, 2.05) is 0 Å². The Balaban J connectivity index is 5.84. The van der Waals surface area contributed by atoms with E-state index in [2.05, 4.69) is 0 Å². The van der Waals surface area contributed by atoms with E-state index in [-0.39, 0.29) is 18.4 Å². The van der Waals surface area contributed by atoms with Gasteiger partial charge in [-0.25, -0.2) is 4.39 Å². The van der Waals surface area contributed by atoms with E-state index in [1.165, 1.54) is 0 Å². The van der Waals surface area contributed by atoms with Crippen LogP contribution >= 0.6 is 11.8 Å². The van der Waals surface area contributed by atoms with Crippen LogP contribution in [0.4, 0.5) is 79.0 Å². The maximum Gasteiger partial charge on any atom is 0.460 e. The van der Waals surface area contributed by atoms with E-state index in [0.29, 0.717) is 11.0 Å². The van der Waals surface area contributed by atoms with Crippen LogP contribution < -0.4 is 0 Å². The monoisotopic (exact) mass is 628 g/mol. The van der Waals surface area contributed by atoms with Crippen molar-refractivity contribution in [1.29, 1.82) is 0 Å². The topological polar surface area (TPSA) is 9.23 Å². The van der Waals surface area contributed by atoms with Gasteiger partial charge in [-0.15, -0.1) is 11.8 Å². The van der Waals surface area contributed by atoms with Gasteiger partial charge in [0.25, 0.3) is 0 Å². The highest BCUT2D eigenvalue weighted by atomic mass is 32.2. The fourth-order valence-electron chi connectivity index (χ4n) is 2.26. The molecule has 0 heterocycles. The van der Waals surface area contributed by atoms with Gasteiger partial charge in [-0.1, -0.05) is 0 Å². The summed E-state index contributed by atoms with van der Waals surface area (Å²) < 4.78 is 243. The molecule has 1 unspecified atom stereocenters. The summed E-state index contributed by atoms with van der Waals surface area (Å²) in [5.41, 5.74) is -3.31. The molecule has 0 N–H and O–H groups in total. The van der Waals surface area contributed by atoms with E-state index in [1.54, 1.807) is 21.1 Å². The third-order valence-corrected chi connectivity index (χ3v) is 5.57. The number of halogens is 18. The van der Waals surface area contributed by atoms with Crippen molar-refractivity contribution in [2.24, 2.45) is 0 Å². The molecule has 0 saturated carbocycles. The highest BCUT2D eigenvalue weighted by Gasteiger charge is 2.95. The molecule has 230 valence electrons. The number of nitrogens with zero attached hydrogens (tertiary/aromatic N) is 1. The van der Waals surface area contributed by atoms with Gasteiger partial charge < -0.3 is 9.22 Å². The van der Waals surface area contributed by atoms with E-state index < -0.39 is 71.9 Å². The number of rotatable bonds is 15. The Morgan fingerprint density at radius 3 is 1.32 bits per heavy atom. The highest BCUT2D eigenvalue weighted by molar-refractivity contribution is 7.99. The van der Waals surface area contributed by atoms with Crippen LogP contribution in [-0.4, -0.2) is 104 Å². The number of ether oxygens (including phenoxy) is 1. The van der Waals surface area contributed by atoms with Crippen molar-refractivity contribution in [2.75, 3.05) is 46.7 Å². The van der Waals surface area contributed by atoms with Crippen molar-refractivity contribution >= 4 is 11.8 Å². The van der Waals surface area contributed by atoms with Gasteiger partial charge in [0.2, 0.25) is 0 Å². The molecule has 0 fully saturated rings. The normalized spacial score (nSPS) is 16.7. The van der Waals surface area contributed by atoms with Crippen molar-refractivity contribution in [3.05, 3.63) is 0 Å². The first-order chi connectivity index (χ1) is 16.4. The molecule has 0 aromatic carbocycles. The summed E-state index contributed by atoms with van der Waals surface area (Å²) in [5.74, 6) is -57.8. The smallest absolute Gasteiger partial charge is 0.375 e. The highest BCUT2D eigenvalue weighted by Crippen LogP contribution is 2.64. The zero-order valence-corrected chi connectivity index (χ0v) is 20.0. The zero-order valence-electron chi connectivity index (χ0n) is 19.2. The third-order valence-electron chi connectivity index (χ3n) is 4.64. The predicted octanol–water partition coefficient (Wildman–Crippen LogP) is 7.14. The van der Waals surface area contributed by atoms with Crippen molar-refractivity contribution in [2.45, 2.75) is 59.6 Å². The number of thioether (sulfide) groups is 1. The van der Waals surface area contributed by atoms with Crippen LogP contribution in [0.1, 0.15) is 6.42 Å². The quantitative estimate of drug-likeness (QED) is 0.108. The maximum absolute atomic E-state index is 13.7. The Bertz CT molecular complexity index is 776. The van der Waals surface area contributed by atoms with Gasteiger partial charge in [0, 0.05) is 5.75 Å². The van der Waals surface area contributed by atoms with Crippen LogP contribution in [0.15, 0.2) is 0 Å². The van der Waals surface area contributed by atoms with E-state index in [4.69, 9.17) is 4.74 Å². The Morgan fingerprint density at radius 2 is 0.947 bits per heavy atom. The minimum atomic E-state index is -8.70. The summed E-state index contributed by atoms with van der Waals surface area (Å²) >= 11 is -0.323. The molecular formula is C17H20F18NOS+. The van der Waals surface area contributed by atoms with Crippen molar-refractivity contribution in [3.8, 4) is 0 Å². The molecule has 0 aliphatic rings. The second kappa shape index (κ2) is 11.1. The average Bonchev–Trinajstić information content (AvgIpc) is 2.67. The van der Waals surface area contributed by atoms with E-state index in [0.717, 1.165) is 0 Å². The lowest BCUT2D eigenvalue weighted by Gasteiger charge is -2.42. The summed E-state index contributed by atoms with van der Waals surface area (Å²) in [5, 5.41) is 0. The second-order valence-electron chi connectivity index (χ2n) is 8.76. The molecule has 0 rings (SSSR count). The first-order valence-electron chi connectivity index (χ1n) is 9.70. The Kier molecular flexibility index (Phi) is 10.8. The number of likely N-dealkylation sites (N-methyl/N-ethyl adjacent to an activating group) is 1. The van der Waals surface area contributed by atoms with Crippen LogP contribution in [0.3, 0.4) is 0 Å². The number of hydrogen-bond donors (Lipinski definition) is 0. The van der Waals surface area contributed by atoms with E-state index in [9.17, 15) is 79.0 Å². The maximum atomic E-state index is 13.7. The third kappa shape index (κ3) is 6.83. The summed E-state index contributed by atoms with van der Waals surface area (Å²) in [6.45, 7) is -0.0470. The summed E-state index contributed by atoms with van der Waals surface area (Å²) in [7, 11) is 5.16. The molecule has 0 amide bonds. The fraction of sp³-hybridized carbons (Fsp3) is 1.00. The fourth-order valence-corrected chi connectivity index (χ4v) is 3.06. The van der Waals surface area contributed by atoms with Gasteiger partial charge in [0.15, 0.2) is 5.50 Å². The average molecular weight is 628 g/mol. The molecule has 0 saturated heterocycles. The molecule has 0 radical (unpaired) electrons. The van der Waals surface area contributed by atoms with Crippen LogP contribution in [-0.2, 0) is 4.74 Å². The first kappa shape index (κ1) is 37.0. The molecule has 0 bridgehead atoms. The molecule has 0 aliphatic heterocycles. The second-order valence-corrected chi connectivity index (χ2v) is 10.0. The summed E-state index contributed by atoms with van der Waals surface area (Å²) in [6, 6.07) is 0. The van der Waals surface area contributed by atoms with Gasteiger partial charge in [0.1, 0.15) is 6.54 Å². The largest absolute Gasteiger partial charge is 0.460 e. The van der Waals surface area contributed by atoms with Gasteiger partial charge in [-0.2, -0.15) is 74.6 Å². The van der Waals surface area contributed by atoms with E-state index >= 15 is 0 Å². The van der Waals surface area contributed by atoms with Crippen LogP contribution in [0.2, 0.25) is 0 Å². The van der Waals surface area contributed by atoms with Gasteiger partial charge >= 0.3 is 47.6 Å². The van der Waals surface area contributed by atoms with Crippen molar-refractivity contribution in [3.63, 3.8) is 0 Å². The molecule has 0 aliphatic carbocycles. The van der Waals surface area contributed by atoms with Crippen molar-refractivity contribution < 1.29 is 88.2 Å². The lowest BCUT2D eigenvalue weighted by atomic mass is 9.88. The predicted molar refractivity (Wildman–Crippen MR) is 96.4 cm³/mol. The summed E-state index contributed by atoms with van der Waals surface area (Å²) in [4.78, 5) is 0. The number of alkyl halides is 18. The van der Waals surface area contributed by atoms with Gasteiger partial charge in [0.05, 0.1) is 40.8 Å². The molecule has 21 heteroatoms. The van der Waals surface area contributed by atoms with Gasteiger partial charge in [-0.05, 0) is 0 Å². The molecule has 1 atom stereocenters. The summed E-state index contributed by atoms with van der Waals surface area (Å²) in [6.07, 6.45) is -10.9. The molecule has 2 nitrogen and oxygen atoms in total. The molecular weight excluding hydrogens is 608 g/mol. The lowest BCUT2D eigenvalue weighted by molar-refractivity contribution is -0.870. The molecule has 0 aromatic heterocycles. The number of hydrogen-bond acceptors (Lipinski definition) is 2. The minimum Gasteiger partial charge on any atom is -0.375 e. The molecule has 38 heavy (non-hydrogen) atoms. The first-order valence-corrected chi connectivity index (χ1v) is 10.8.